The van der Waals surface area contributed by atoms with Crippen LogP contribution in [-0.4, -0.2) is 16.4 Å². The SMILES string of the molecule is Cc1ccc(C#CCBr)cc1C(=O)O. The number of halogens is 1. The summed E-state index contributed by atoms with van der Waals surface area (Å²) in [6.07, 6.45) is 0. The van der Waals surface area contributed by atoms with Crippen LogP contribution in [0.1, 0.15) is 21.5 Å². The van der Waals surface area contributed by atoms with Gasteiger partial charge >= 0.3 is 5.97 Å². The van der Waals surface area contributed by atoms with Gasteiger partial charge in [0.05, 0.1) is 10.9 Å². The molecular formula is C11H9BrO2. The average molecular weight is 253 g/mol. The highest BCUT2D eigenvalue weighted by molar-refractivity contribution is 9.09. The van der Waals surface area contributed by atoms with Gasteiger partial charge in [-0.3, -0.25) is 0 Å². The van der Waals surface area contributed by atoms with E-state index < -0.39 is 5.97 Å². The molecule has 0 aromatic heterocycles. The predicted octanol–water partition coefficient (Wildman–Crippen LogP) is 2.44. The second-order valence-electron chi connectivity index (χ2n) is 2.77. The number of carbonyl (C=O) groups is 1. The zero-order chi connectivity index (χ0) is 10.6. The van der Waals surface area contributed by atoms with Crippen LogP contribution in [0.2, 0.25) is 0 Å². The molecule has 0 unspecified atom stereocenters. The van der Waals surface area contributed by atoms with E-state index in [0.717, 1.165) is 11.1 Å². The summed E-state index contributed by atoms with van der Waals surface area (Å²) < 4.78 is 0. The van der Waals surface area contributed by atoms with Crippen LogP contribution in [0.15, 0.2) is 18.2 Å². The number of rotatable bonds is 1. The summed E-state index contributed by atoms with van der Waals surface area (Å²) in [5.41, 5.74) is 1.79. The van der Waals surface area contributed by atoms with Crippen molar-refractivity contribution in [2.45, 2.75) is 6.92 Å². The number of benzene rings is 1. The van der Waals surface area contributed by atoms with Crippen molar-refractivity contribution in [3.63, 3.8) is 0 Å². The predicted molar refractivity (Wildman–Crippen MR) is 58.8 cm³/mol. The van der Waals surface area contributed by atoms with Crippen molar-refractivity contribution in [1.29, 1.82) is 0 Å². The van der Waals surface area contributed by atoms with E-state index in [4.69, 9.17) is 5.11 Å². The van der Waals surface area contributed by atoms with E-state index in [1.54, 1.807) is 19.1 Å². The Balaban J connectivity index is 3.13. The molecule has 72 valence electrons. The van der Waals surface area contributed by atoms with Crippen LogP contribution in [0.3, 0.4) is 0 Å². The summed E-state index contributed by atoms with van der Waals surface area (Å²) in [6.45, 7) is 1.77. The van der Waals surface area contributed by atoms with E-state index in [0.29, 0.717) is 10.9 Å². The van der Waals surface area contributed by atoms with Crippen molar-refractivity contribution in [1.82, 2.24) is 0 Å². The lowest BCUT2D eigenvalue weighted by Crippen LogP contribution is -1.99. The van der Waals surface area contributed by atoms with Crippen molar-refractivity contribution in [2.75, 3.05) is 5.33 Å². The first-order chi connectivity index (χ1) is 6.65. The van der Waals surface area contributed by atoms with Crippen LogP contribution < -0.4 is 0 Å². The monoisotopic (exact) mass is 252 g/mol. The van der Waals surface area contributed by atoms with Crippen molar-refractivity contribution in [3.05, 3.63) is 34.9 Å². The lowest BCUT2D eigenvalue weighted by Gasteiger charge is -2.00. The standard InChI is InChI=1S/C11H9BrO2/c1-8-4-5-9(3-2-6-12)7-10(8)11(13)14/h4-5,7H,6H2,1H3,(H,13,14). The van der Waals surface area contributed by atoms with E-state index in [9.17, 15) is 4.79 Å². The first-order valence-corrected chi connectivity index (χ1v) is 5.16. The number of aryl methyl sites for hydroxylation is 1. The molecule has 0 radical (unpaired) electrons. The third-order valence-corrected chi connectivity index (χ3v) is 2.05. The van der Waals surface area contributed by atoms with E-state index in [2.05, 4.69) is 27.8 Å². The minimum absolute atomic E-state index is 0.311. The van der Waals surface area contributed by atoms with E-state index in [1.165, 1.54) is 0 Å². The number of aromatic carboxylic acids is 1. The van der Waals surface area contributed by atoms with Crippen molar-refractivity contribution in [2.24, 2.45) is 0 Å². The molecule has 0 aliphatic heterocycles. The van der Waals surface area contributed by atoms with Gasteiger partial charge in [-0.25, -0.2) is 4.79 Å². The highest BCUT2D eigenvalue weighted by Gasteiger charge is 2.06. The first-order valence-electron chi connectivity index (χ1n) is 4.04. The van der Waals surface area contributed by atoms with Crippen molar-refractivity contribution >= 4 is 21.9 Å². The third-order valence-electron chi connectivity index (χ3n) is 1.77. The lowest BCUT2D eigenvalue weighted by molar-refractivity contribution is 0.0696. The van der Waals surface area contributed by atoms with Gasteiger partial charge in [-0.2, -0.15) is 0 Å². The second kappa shape index (κ2) is 4.83. The summed E-state index contributed by atoms with van der Waals surface area (Å²) in [5, 5.41) is 9.44. The zero-order valence-corrected chi connectivity index (χ0v) is 9.26. The van der Waals surface area contributed by atoms with Crippen molar-refractivity contribution < 1.29 is 9.90 Å². The largest absolute Gasteiger partial charge is 0.478 e. The van der Waals surface area contributed by atoms with Crippen LogP contribution >= 0.6 is 15.9 Å². The molecule has 2 nitrogen and oxygen atoms in total. The number of carboxylic acid groups (broad SMARTS) is 1. The molecular weight excluding hydrogens is 244 g/mol. The molecule has 0 atom stereocenters. The molecule has 0 heterocycles. The summed E-state index contributed by atoms with van der Waals surface area (Å²) in [5.74, 6) is 4.77. The summed E-state index contributed by atoms with van der Waals surface area (Å²) in [4.78, 5) is 10.8. The first kappa shape index (κ1) is 10.8. The van der Waals surface area contributed by atoms with Gasteiger partial charge in [-0.1, -0.05) is 33.8 Å². The molecule has 1 rings (SSSR count). The number of carboxylic acids is 1. The van der Waals surface area contributed by atoms with Gasteiger partial charge in [0, 0.05) is 5.56 Å². The van der Waals surface area contributed by atoms with E-state index in [-0.39, 0.29) is 0 Å². The minimum Gasteiger partial charge on any atom is -0.478 e. The van der Waals surface area contributed by atoms with Gasteiger partial charge in [0.25, 0.3) is 0 Å². The molecule has 0 spiro atoms. The van der Waals surface area contributed by atoms with Gasteiger partial charge < -0.3 is 5.11 Å². The molecule has 0 bridgehead atoms. The highest BCUT2D eigenvalue weighted by atomic mass is 79.9. The Morgan fingerprint density at radius 3 is 2.86 bits per heavy atom. The number of hydrogen-bond donors (Lipinski definition) is 1. The van der Waals surface area contributed by atoms with Crippen LogP contribution in [-0.2, 0) is 0 Å². The molecule has 14 heavy (non-hydrogen) atoms. The molecule has 0 aliphatic carbocycles. The fourth-order valence-corrected chi connectivity index (χ4v) is 1.21. The van der Waals surface area contributed by atoms with Crippen LogP contribution in [0, 0.1) is 18.8 Å². The van der Waals surface area contributed by atoms with Gasteiger partial charge in [0.15, 0.2) is 0 Å². The molecule has 0 amide bonds. The van der Waals surface area contributed by atoms with Gasteiger partial charge in [-0.05, 0) is 24.6 Å². The molecule has 1 N–H and O–H groups in total. The Bertz CT molecular complexity index is 413. The molecule has 1 aromatic carbocycles. The smallest absolute Gasteiger partial charge is 0.335 e. The number of hydrogen-bond acceptors (Lipinski definition) is 1. The quantitative estimate of drug-likeness (QED) is 0.616. The summed E-state index contributed by atoms with van der Waals surface area (Å²) in [6, 6.07) is 5.17. The fourth-order valence-electron chi connectivity index (χ4n) is 1.07. The Hall–Kier alpha value is -1.27. The second-order valence-corrected chi connectivity index (χ2v) is 3.33. The van der Waals surface area contributed by atoms with Crippen LogP contribution in [0.5, 0.6) is 0 Å². The van der Waals surface area contributed by atoms with Gasteiger partial charge in [-0.15, -0.1) is 0 Å². The van der Waals surface area contributed by atoms with Crippen molar-refractivity contribution in [3.8, 4) is 11.8 Å². The Morgan fingerprint density at radius 1 is 1.57 bits per heavy atom. The molecule has 0 saturated heterocycles. The summed E-state index contributed by atoms with van der Waals surface area (Å²) >= 11 is 3.18. The van der Waals surface area contributed by atoms with E-state index >= 15 is 0 Å². The Kier molecular flexibility index (Phi) is 3.73. The maximum absolute atomic E-state index is 10.8. The van der Waals surface area contributed by atoms with Gasteiger partial charge in [0.1, 0.15) is 0 Å². The number of alkyl halides is 1. The summed E-state index contributed by atoms with van der Waals surface area (Å²) in [7, 11) is 0. The van der Waals surface area contributed by atoms with Crippen LogP contribution in [0.25, 0.3) is 0 Å². The highest BCUT2D eigenvalue weighted by Crippen LogP contribution is 2.10. The molecule has 0 aliphatic rings. The Labute approximate surface area is 91.1 Å². The topological polar surface area (TPSA) is 37.3 Å². The zero-order valence-electron chi connectivity index (χ0n) is 7.67. The molecule has 0 fully saturated rings. The lowest BCUT2D eigenvalue weighted by atomic mass is 10.1. The maximum Gasteiger partial charge on any atom is 0.335 e. The minimum atomic E-state index is -0.912. The van der Waals surface area contributed by atoms with Gasteiger partial charge in [0.2, 0.25) is 0 Å². The molecule has 3 heteroatoms. The average Bonchev–Trinajstić information content (AvgIpc) is 2.16. The van der Waals surface area contributed by atoms with Crippen LogP contribution in [0.4, 0.5) is 0 Å². The third kappa shape index (κ3) is 2.61. The Morgan fingerprint density at radius 2 is 2.29 bits per heavy atom. The normalized spacial score (nSPS) is 9.00. The van der Waals surface area contributed by atoms with E-state index in [1.807, 2.05) is 6.07 Å². The molecule has 1 aromatic rings. The fraction of sp³-hybridized carbons (Fsp3) is 0.182. The molecule has 0 saturated carbocycles. The maximum atomic E-state index is 10.8.